The number of benzene rings is 2. The van der Waals surface area contributed by atoms with Gasteiger partial charge in [0.1, 0.15) is 5.82 Å². The molecule has 1 amide bonds. The van der Waals surface area contributed by atoms with Gasteiger partial charge in [-0.2, -0.15) is 0 Å². The third kappa shape index (κ3) is 6.15. The zero-order valence-corrected chi connectivity index (χ0v) is 18.6. The number of carbonyl (C=O) groups is 1. The maximum atomic E-state index is 14.2. The fourth-order valence-corrected chi connectivity index (χ4v) is 4.67. The molecule has 1 fully saturated rings. The first-order valence-electron chi connectivity index (χ1n) is 10.4. The molecule has 1 aliphatic rings. The Morgan fingerprint density at radius 3 is 2.68 bits per heavy atom. The van der Waals surface area contributed by atoms with E-state index in [4.69, 9.17) is 0 Å². The minimum atomic E-state index is -3.50. The van der Waals surface area contributed by atoms with Crippen LogP contribution in [-0.2, 0) is 14.8 Å². The highest BCUT2D eigenvalue weighted by Gasteiger charge is 2.23. The molecule has 0 bridgehead atoms. The van der Waals surface area contributed by atoms with Crippen LogP contribution in [0.1, 0.15) is 30.9 Å². The summed E-state index contributed by atoms with van der Waals surface area (Å²) in [7, 11) is -3.50. The van der Waals surface area contributed by atoms with E-state index in [1.165, 1.54) is 24.3 Å². The Morgan fingerprint density at radius 1 is 1.23 bits per heavy atom. The van der Waals surface area contributed by atoms with Crippen molar-refractivity contribution in [1.29, 1.82) is 0 Å². The van der Waals surface area contributed by atoms with Crippen LogP contribution in [0.2, 0.25) is 0 Å². The van der Waals surface area contributed by atoms with E-state index >= 15 is 0 Å². The maximum absolute atomic E-state index is 14.2. The summed E-state index contributed by atoms with van der Waals surface area (Å²) < 4.78 is 40.6. The highest BCUT2D eigenvalue weighted by Crippen LogP contribution is 2.24. The van der Waals surface area contributed by atoms with Crippen molar-refractivity contribution in [3.63, 3.8) is 0 Å². The monoisotopic (exact) mass is 445 g/mol. The molecule has 1 aliphatic heterocycles. The quantitative estimate of drug-likeness (QED) is 0.642. The molecule has 0 spiro atoms. The average molecular weight is 446 g/mol. The normalized spacial score (nSPS) is 17.1. The second-order valence-electron chi connectivity index (χ2n) is 7.65. The minimum absolute atomic E-state index is 0.0709. The summed E-state index contributed by atoms with van der Waals surface area (Å²) in [5.41, 5.74) is 2.29. The Hall–Kier alpha value is -2.71. The highest BCUT2D eigenvalue weighted by atomic mass is 32.2. The van der Waals surface area contributed by atoms with Crippen LogP contribution in [0.25, 0.3) is 6.08 Å². The number of hydrogen-bond acceptors (Lipinski definition) is 4. The van der Waals surface area contributed by atoms with Gasteiger partial charge in [0, 0.05) is 31.8 Å². The molecule has 1 saturated heterocycles. The third-order valence-electron chi connectivity index (χ3n) is 5.16. The molecule has 2 aromatic rings. The number of piperidine rings is 1. The zero-order valence-electron chi connectivity index (χ0n) is 17.8. The molecule has 6 nitrogen and oxygen atoms in total. The van der Waals surface area contributed by atoms with Gasteiger partial charge in [-0.1, -0.05) is 25.1 Å². The molecule has 166 valence electrons. The number of amides is 1. The van der Waals surface area contributed by atoms with Crippen molar-refractivity contribution in [2.45, 2.75) is 37.6 Å². The molecule has 1 heterocycles. The largest absolute Gasteiger partial charge is 0.367 e. The highest BCUT2D eigenvalue weighted by molar-refractivity contribution is 7.89. The van der Waals surface area contributed by atoms with E-state index in [0.29, 0.717) is 18.8 Å². The number of carbonyl (C=O) groups excluding carboxylic acids is 1. The summed E-state index contributed by atoms with van der Waals surface area (Å²) >= 11 is 0. The van der Waals surface area contributed by atoms with Gasteiger partial charge in [0.15, 0.2) is 0 Å². The SMILES string of the molecule is CCNS(=O)(=O)c1ccc(/C=C/C(=O)NC2CCCN(c3cc(C)ccc3F)C2)cc1. The molecule has 1 unspecified atom stereocenters. The van der Waals surface area contributed by atoms with Crippen LogP contribution in [0, 0.1) is 12.7 Å². The molecule has 0 saturated carbocycles. The molecule has 8 heteroatoms. The molecule has 0 radical (unpaired) electrons. The van der Waals surface area contributed by atoms with Crippen LogP contribution in [0.3, 0.4) is 0 Å². The van der Waals surface area contributed by atoms with Gasteiger partial charge in [0.25, 0.3) is 0 Å². The van der Waals surface area contributed by atoms with Gasteiger partial charge < -0.3 is 10.2 Å². The van der Waals surface area contributed by atoms with E-state index in [9.17, 15) is 17.6 Å². The van der Waals surface area contributed by atoms with E-state index in [2.05, 4.69) is 10.0 Å². The second kappa shape index (κ2) is 10.1. The number of aryl methyl sites for hydroxylation is 1. The van der Waals surface area contributed by atoms with E-state index in [1.54, 1.807) is 31.2 Å². The van der Waals surface area contributed by atoms with Gasteiger partial charge in [-0.15, -0.1) is 0 Å². The van der Waals surface area contributed by atoms with Crippen LogP contribution in [0.15, 0.2) is 53.4 Å². The predicted molar refractivity (Wildman–Crippen MR) is 121 cm³/mol. The number of rotatable bonds is 7. The van der Waals surface area contributed by atoms with Crippen molar-refractivity contribution in [3.05, 3.63) is 65.5 Å². The van der Waals surface area contributed by atoms with Crippen molar-refractivity contribution in [2.75, 3.05) is 24.5 Å². The van der Waals surface area contributed by atoms with Crippen molar-refractivity contribution < 1.29 is 17.6 Å². The van der Waals surface area contributed by atoms with Crippen molar-refractivity contribution >= 4 is 27.7 Å². The van der Waals surface area contributed by atoms with Crippen LogP contribution in [-0.4, -0.2) is 40.0 Å². The second-order valence-corrected chi connectivity index (χ2v) is 9.42. The number of sulfonamides is 1. The summed E-state index contributed by atoms with van der Waals surface area (Å²) in [5.74, 6) is -0.488. The fraction of sp³-hybridized carbons (Fsp3) is 0.348. The van der Waals surface area contributed by atoms with Gasteiger partial charge in [-0.3, -0.25) is 4.79 Å². The first-order valence-corrected chi connectivity index (χ1v) is 11.9. The smallest absolute Gasteiger partial charge is 0.244 e. The minimum Gasteiger partial charge on any atom is -0.367 e. The lowest BCUT2D eigenvalue weighted by molar-refractivity contribution is -0.117. The zero-order chi connectivity index (χ0) is 22.4. The standard InChI is InChI=1S/C23H28FN3O3S/c1-3-25-31(29,30)20-10-7-18(8-11-20)9-13-23(28)26-19-5-4-14-27(16-19)22-15-17(2)6-12-21(22)24/h6-13,15,19,25H,3-5,14,16H2,1-2H3,(H,26,28)/b13-9+. The van der Waals surface area contributed by atoms with Crippen molar-refractivity contribution in [2.24, 2.45) is 0 Å². The molecule has 3 rings (SSSR count). The van der Waals surface area contributed by atoms with Crippen LogP contribution < -0.4 is 14.9 Å². The Morgan fingerprint density at radius 2 is 1.97 bits per heavy atom. The first kappa shape index (κ1) is 23.0. The van der Waals surface area contributed by atoms with E-state index < -0.39 is 10.0 Å². The molecular formula is C23H28FN3O3S. The number of anilines is 1. The summed E-state index contributed by atoms with van der Waals surface area (Å²) in [4.78, 5) is 14.5. The molecular weight excluding hydrogens is 417 g/mol. The Bertz CT molecular complexity index is 1050. The lowest BCUT2D eigenvalue weighted by Crippen LogP contribution is -2.47. The van der Waals surface area contributed by atoms with Crippen LogP contribution >= 0.6 is 0 Å². The van der Waals surface area contributed by atoms with Crippen molar-refractivity contribution in [1.82, 2.24) is 10.0 Å². The summed E-state index contributed by atoms with van der Waals surface area (Å²) in [6, 6.07) is 11.3. The Kier molecular flexibility index (Phi) is 7.46. The van der Waals surface area contributed by atoms with Crippen LogP contribution in [0.5, 0.6) is 0 Å². The van der Waals surface area contributed by atoms with E-state index in [1.807, 2.05) is 17.9 Å². The molecule has 2 aromatic carbocycles. The van der Waals surface area contributed by atoms with E-state index in [0.717, 1.165) is 30.5 Å². The summed E-state index contributed by atoms with van der Waals surface area (Å²) in [6.07, 6.45) is 4.77. The topological polar surface area (TPSA) is 78.5 Å². The lowest BCUT2D eigenvalue weighted by Gasteiger charge is -2.35. The maximum Gasteiger partial charge on any atom is 0.244 e. The molecule has 2 N–H and O–H groups in total. The number of hydrogen-bond donors (Lipinski definition) is 2. The van der Waals surface area contributed by atoms with Gasteiger partial charge in [0.2, 0.25) is 15.9 Å². The molecule has 1 atom stereocenters. The third-order valence-corrected chi connectivity index (χ3v) is 6.72. The van der Waals surface area contributed by atoms with Crippen molar-refractivity contribution in [3.8, 4) is 0 Å². The summed E-state index contributed by atoms with van der Waals surface area (Å²) in [5, 5.41) is 2.98. The van der Waals surface area contributed by atoms with Crippen LogP contribution in [0.4, 0.5) is 10.1 Å². The lowest BCUT2D eigenvalue weighted by atomic mass is 10.0. The predicted octanol–water partition coefficient (Wildman–Crippen LogP) is 3.23. The number of nitrogens with zero attached hydrogens (tertiary/aromatic N) is 1. The fourth-order valence-electron chi connectivity index (χ4n) is 3.63. The molecule has 31 heavy (non-hydrogen) atoms. The Labute approximate surface area is 183 Å². The summed E-state index contributed by atoms with van der Waals surface area (Å²) in [6.45, 7) is 5.27. The average Bonchev–Trinajstić information content (AvgIpc) is 2.74. The van der Waals surface area contributed by atoms with Gasteiger partial charge in [-0.25, -0.2) is 17.5 Å². The van der Waals surface area contributed by atoms with Gasteiger partial charge in [0.05, 0.1) is 10.6 Å². The Balaban J connectivity index is 1.59. The van der Waals surface area contributed by atoms with Gasteiger partial charge in [-0.05, 0) is 61.2 Å². The van der Waals surface area contributed by atoms with Gasteiger partial charge >= 0.3 is 0 Å². The first-order chi connectivity index (χ1) is 14.8. The molecule has 0 aliphatic carbocycles. The number of halogens is 1. The number of nitrogens with one attached hydrogen (secondary N) is 2. The molecule has 0 aromatic heterocycles. The van der Waals surface area contributed by atoms with E-state index in [-0.39, 0.29) is 22.7 Å².